The van der Waals surface area contributed by atoms with E-state index in [-0.39, 0.29) is 6.61 Å². The molecule has 2 atom stereocenters. The van der Waals surface area contributed by atoms with E-state index < -0.39 is 6.10 Å². The van der Waals surface area contributed by atoms with Crippen molar-refractivity contribution in [2.75, 3.05) is 40.1 Å². The van der Waals surface area contributed by atoms with Crippen molar-refractivity contribution in [3.63, 3.8) is 0 Å². The molecule has 4 rings (SSSR count). The Labute approximate surface area is 190 Å². The molecule has 0 spiro atoms. The van der Waals surface area contributed by atoms with Crippen LogP contribution in [0, 0.1) is 0 Å². The number of rotatable bonds is 9. The minimum atomic E-state index is -0.819. The third-order valence-corrected chi connectivity index (χ3v) is 5.94. The van der Waals surface area contributed by atoms with E-state index in [1.807, 2.05) is 24.3 Å². The van der Waals surface area contributed by atoms with Gasteiger partial charge in [0.2, 0.25) is 0 Å². The van der Waals surface area contributed by atoms with Crippen molar-refractivity contribution in [1.29, 1.82) is 0 Å². The second-order valence-electron chi connectivity index (χ2n) is 7.60. The molecule has 2 aliphatic heterocycles. The Kier molecular flexibility index (Phi) is 7.55. The summed E-state index contributed by atoms with van der Waals surface area (Å²) in [5.41, 5.74) is 1.77. The van der Waals surface area contributed by atoms with Crippen LogP contribution in [0.5, 0.6) is 23.0 Å². The van der Waals surface area contributed by atoms with Gasteiger partial charge in [0, 0.05) is 19.7 Å². The molecule has 0 bridgehead atoms. The molecular formula is C23H28BrNO6. The summed E-state index contributed by atoms with van der Waals surface area (Å²) in [6.45, 7) is 3.50. The molecule has 31 heavy (non-hydrogen) atoms. The van der Waals surface area contributed by atoms with Crippen molar-refractivity contribution >= 4 is 15.9 Å². The second kappa shape index (κ2) is 10.5. The maximum Gasteiger partial charge on any atom is 0.175 e. The average molecular weight is 494 g/mol. The predicted molar refractivity (Wildman–Crippen MR) is 119 cm³/mol. The van der Waals surface area contributed by atoms with Gasteiger partial charge in [-0.3, -0.25) is 0 Å². The van der Waals surface area contributed by atoms with Gasteiger partial charge in [0.05, 0.1) is 17.7 Å². The Balaban J connectivity index is 1.37. The third kappa shape index (κ3) is 5.63. The number of hydrogen-bond donors (Lipinski definition) is 2. The fraction of sp³-hybridized carbons (Fsp3) is 0.478. The molecule has 7 nitrogen and oxygen atoms in total. The van der Waals surface area contributed by atoms with E-state index in [1.165, 1.54) is 0 Å². The number of fused-ring (bicyclic) bond motifs is 1. The van der Waals surface area contributed by atoms with Gasteiger partial charge in [0.25, 0.3) is 0 Å². The third-order valence-electron chi connectivity index (χ3n) is 5.35. The molecule has 0 saturated carbocycles. The highest BCUT2D eigenvalue weighted by molar-refractivity contribution is 9.10. The predicted octanol–water partition coefficient (Wildman–Crippen LogP) is 3.61. The molecule has 0 aromatic heterocycles. The molecule has 2 aromatic carbocycles. The monoisotopic (exact) mass is 493 g/mol. The molecule has 2 aromatic rings. The normalized spacial score (nSPS) is 18.6. The molecule has 1 saturated heterocycles. The van der Waals surface area contributed by atoms with Crippen molar-refractivity contribution < 1.29 is 28.8 Å². The van der Waals surface area contributed by atoms with Crippen LogP contribution in [0.25, 0.3) is 0 Å². The minimum Gasteiger partial charge on any atom is -0.493 e. The van der Waals surface area contributed by atoms with Gasteiger partial charge in [-0.2, -0.15) is 0 Å². The maximum absolute atomic E-state index is 10.6. The molecule has 1 fully saturated rings. The quantitative estimate of drug-likeness (QED) is 0.552. The lowest BCUT2D eigenvalue weighted by Gasteiger charge is -2.21. The molecule has 8 heteroatoms. The minimum absolute atomic E-state index is 0.0746. The van der Waals surface area contributed by atoms with E-state index in [0.717, 1.165) is 36.0 Å². The zero-order valence-corrected chi connectivity index (χ0v) is 19.2. The lowest BCUT2D eigenvalue weighted by molar-refractivity contribution is 0.105. The molecule has 0 radical (unpaired) electrons. The summed E-state index contributed by atoms with van der Waals surface area (Å²) < 4.78 is 29.0. The standard InChI is InChI=1S/C23H28BrNO6/c1-27-22-10-15(12-25-13-17-3-2-6-28-17)9-18(24)23(22)31-14-19(26)16-4-5-20-21(11-16)30-8-7-29-20/h4-5,9-11,17,19,25-26H,2-3,6-8,12-14H2,1H3. The molecule has 2 heterocycles. The summed E-state index contributed by atoms with van der Waals surface area (Å²) in [4.78, 5) is 0. The Morgan fingerprint density at radius 1 is 1.16 bits per heavy atom. The zero-order valence-electron chi connectivity index (χ0n) is 17.6. The smallest absolute Gasteiger partial charge is 0.175 e. The van der Waals surface area contributed by atoms with Gasteiger partial charge in [0.15, 0.2) is 23.0 Å². The number of ether oxygens (including phenoxy) is 5. The number of aliphatic hydroxyl groups is 1. The highest BCUT2D eigenvalue weighted by Crippen LogP contribution is 2.38. The van der Waals surface area contributed by atoms with E-state index in [2.05, 4.69) is 21.2 Å². The van der Waals surface area contributed by atoms with Gasteiger partial charge < -0.3 is 34.1 Å². The highest BCUT2D eigenvalue weighted by atomic mass is 79.9. The van der Waals surface area contributed by atoms with Crippen molar-refractivity contribution in [3.05, 3.63) is 45.9 Å². The summed E-state index contributed by atoms with van der Waals surface area (Å²) in [7, 11) is 1.61. The van der Waals surface area contributed by atoms with Crippen molar-refractivity contribution in [1.82, 2.24) is 5.32 Å². The first kappa shape index (κ1) is 22.2. The van der Waals surface area contributed by atoms with Crippen LogP contribution in [0.3, 0.4) is 0 Å². The lowest BCUT2D eigenvalue weighted by atomic mass is 10.1. The molecule has 168 valence electrons. The number of benzene rings is 2. The van der Waals surface area contributed by atoms with Crippen LogP contribution in [0.15, 0.2) is 34.8 Å². The molecule has 0 aliphatic carbocycles. The van der Waals surface area contributed by atoms with E-state index in [1.54, 1.807) is 13.2 Å². The Hall–Kier alpha value is -2.00. The van der Waals surface area contributed by atoms with Gasteiger partial charge in [-0.15, -0.1) is 0 Å². The van der Waals surface area contributed by atoms with Crippen LogP contribution >= 0.6 is 15.9 Å². The molecule has 0 amide bonds. The van der Waals surface area contributed by atoms with Gasteiger partial charge >= 0.3 is 0 Å². The fourth-order valence-electron chi connectivity index (χ4n) is 3.72. The SMILES string of the molecule is COc1cc(CNCC2CCCO2)cc(Br)c1OCC(O)c1ccc2c(c1)OCCO2. The second-order valence-corrected chi connectivity index (χ2v) is 8.46. The first-order valence-electron chi connectivity index (χ1n) is 10.5. The first-order valence-corrected chi connectivity index (χ1v) is 11.3. The van der Waals surface area contributed by atoms with Crippen LogP contribution in [0.2, 0.25) is 0 Å². The molecule has 2 unspecified atom stereocenters. The summed E-state index contributed by atoms with van der Waals surface area (Å²) in [5.74, 6) is 2.50. The Morgan fingerprint density at radius 3 is 2.77 bits per heavy atom. The van der Waals surface area contributed by atoms with Gasteiger partial charge in [0.1, 0.15) is 25.9 Å². The van der Waals surface area contributed by atoms with Crippen molar-refractivity contribution in [2.45, 2.75) is 31.6 Å². The van der Waals surface area contributed by atoms with E-state index >= 15 is 0 Å². The number of halogens is 1. The van der Waals surface area contributed by atoms with E-state index in [0.29, 0.717) is 54.4 Å². The van der Waals surface area contributed by atoms with Gasteiger partial charge in [-0.05, 0) is 64.2 Å². The first-order chi connectivity index (χ1) is 15.1. The van der Waals surface area contributed by atoms with Crippen LogP contribution in [0.4, 0.5) is 0 Å². The Bertz CT molecular complexity index is 887. The van der Waals surface area contributed by atoms with Crippen LogP contribution < -0.4 is 24.3 Å². The van der Waals surface area contributed by atoms with Crippen LogP contribution in [-0.2, 0) is 11.3 Å². The summed E-state index contributed by atoms with van der Waals surface area (Å²) in [5, 5.41) is 14.0. The topological polar surface area (TPSA) is 78.4 Å². The maximum atomic E-state index is 10.6. The largest absolute Gasteiger partial charge is 0.493 e. The summed E-state index contributed by atoms with van der Waals surface area (Å²) in [6.07, 6.45) is 1.73. The van der Waals surface area contributed by atoms with E-state index in [9.17, 15) is 5.11 Å². The van der Waals surface area contributed by atoms with Crippen LogP contribution in [-0.4, -0.2) is 51.3 Å². The summed E-state index contributed by atoms with van der Waals surface area (Å²) >= 11 is 3.58. The number of nitrogens with one attached hydrogen (secondary N) is 1. The molecule has 2 N–H and O–H groups in total. The van der Waals surface area contributed by atoms with Crippen molar-refractivity contribution in [2.24, 2.45) is 0 Å². The fourth-order valence-corrected chi connectivity index (χ4v) is 4.33. The number of aliphatic hydroxyl groups excluding tert-OH is 1. The van der Waals surface area contributed by atoms with Crippen molar-refractivity contribution in [3.8, 4) is 23.0 Å². The highest BCUT2D eigenvalue weighted by Gasteiger charge is 2.19. The number of methoxy groups -OCH3 is 1. The van der Waals surface area contributed by atoms with Crippen LogP contribution in [0.1, 0.15) is 30.1 Å². The Morgan fingerprint density at radius 2 is 2.00 bits per heavy atom. The lowest BCUT2D eigenvalue weighted by Crippen LogP contribution is -2.25. The molecule has 2 aliphatic rings. The van der Waals surface area contributed by atoms with Gasteiger partial charge in [-0.25, -0.2) is 0 Å². The zero-order chi connectivity index (χ0) is 21.6. The summed E-state index contributed by atoms with van der Waals surface area (Å²) in [6, 6.07) is 9.35. The average Bonchev–Trinajstić information content (AvgIpc) is 3.31. The van der Waals surface area contributed by atoms with E-state index in [4.69, 9.17) is 23.7 Å². The molecular weight excluding hydrogens is 466 g/mol. The van der Waals surface area contributed by atoms with Gasteiger partial charge in [-0.1, -0.05) is 6.07 Å². The number of hydrogen-bond acceptors (Lipinski definition) is 7.